The molecule has 0 fully saturated rings. The lowest BCUT2D eigenvalue weighted by molar-refractivity contribution is -0.137. The zero-order valence-corrected chi connectivity index (χ0v) is 16.5. The van der Waals surface area contributed by atoms with Crippen LogP contribution in [0.15, 0.2) is 71.6 Å². The number of rotatable bonds is 8. The maximum absolute atomic E-state index is 12.7. The number of nitrogens with zero attached hydrogens (tertiary/aromatic N) is 1. The molecule has 148 valence electrons. The fourth-order valence-electron chi connectivity index (χ4n) is 2.33. The highest BCUT2D eigenvalue weighted by Gasteiger charge is 2.20. The first-order valence-electron chi connectivity index (χ1n) is 8.59. The molecule has 0 radical (unpaired) electrons. The summed E-state index contributed by atoms with van der Waals surface area (Å²) in [6.45, 7) is 2.14. The third-order valence-corrected chi connectivity index (χ3v) is 5.55. The van der Waals surface area contributed by atoms with Crippen molar-refractivity contribution in [2.75, 3.05) is 19.0 Å². The van der Waals surface area contributed by atoms with Gasteiger partial charge in [-0.3, -0.25) is 4.79 Å². The van der Waals surface area contributed by atoms with Gasteiger partial charge in [-0.2, -0.15) is 4.31 Å². The van der Waals surface area contributed by atoms with Gasteiger partial charge in [0.25, 0.3) is 0 Å². The van der Waals surface area contributed by atoms with Gasteiger partial charge in [-0.05, 0) is 36.8 Å². The summed E-state index contributed by atoms with van der Waals surface area (Å²) >= 11 is 0. The monoisotopic (exact) mass is 402 g/mol. The molecule has 28 heavy (non-hydrogen) atoms. The molecule has 0 saturated heterocycles. The van der Waals surface area contributed by atoms with Crippen LogP contribution in [-0.4, -0.2) is 38.3 Å². The highest BCUT2D eigenvalue weighted by molar-refractivity contribution is 7.89. The second kappa shape index (κ2) is 9.82. The highest BCUT2D eigenvalue weighted by atomic mass is 32.2. The van der Waals surface area contributed by atoms with Crippen molar-refractivity contribution in [1.82, 2.24) is 4.31 Å². The average Bonchev–Trinajstić information content (AvgIpc) is 2.68. The van der Waals surface area contributed by atoms with Gasteiger partial charge in [0, 0.05) is 31.4 Å². The molecule has 0 heterocycles. The minimum atomic E-state index is -3.66. The number of hydrogen-bond donors (Lipinski definition) is 1. The molecule has 2 aromatic carbocycles. The number of benzene rings is 2. The minimum absolute atomic E-state index is 0.117. The Bertz CT molecular complexity index is 938. The SMILES string of the molecule is CCOC(=O)C=CC(=O)Nc1ccc(S(=O)(=O)N(C)Cc2ccccc2)cc1. The number of anilines is 1. The number of sulfonamides is 1. The maximum atomic E-state index is 12.7. The van der Waals surface area contributed by atoms with Crippen LogP contribution >= 0.6 is 0 Å². The second-order valence-electron chi connectivity index (χ2n) is 5.85. The number of carbonyl (C=O) groups excluding carboxylic acids is 2. The molecule has 0 aliphatic heterocycles. The second-order valence-corrected chi connectivity index (χ2v) is 7.89. The van der Waals surface area contributed by atoms with Crippen LogP contribution in [0.4, 0.5) is 5.69 Å². The van der Waals surface area contributed by atoms with Crippen molar-refractivity contribution in [1.29, 1.82) is 0 Å². The van der Waals surface area contributed by atoms with Gasteiger partial charge in [0.05, 0.1) is 11.5 Å². The Morgan fingerprint density at radius 3 is 2.29 bits per heavy atom. The van der Waals surface area contributed by atoms with Crippen molar-refractivity contribution in [3.63, 3.8) is 0 Å². The molecule has 8 heteroatoms. The average molecular weight is 402 g/mol. The predicted molar refractivity (Wildman–Crippen MR) is 106 cm³/mol. The van der Waals surface area contributed by atoms with Gasteiger partial charge in [-0.25, -0.2) is 13.2 Å². The molecule has 7 nitrogen and oxygen atoms in total. The summed E-state index contributed by atoms with van der Waals surface area (Å²) in [5.74, 6) is -1.13. The molecular formula is C20H22N2O5S. The summed E-state index contributed by atoms with van der Waals surface area (Å²) in [6, 6.07) is 15.1. The van der Waals surface area contributed by atoms with Crippen molar-refractivity contribution in [3.8, 4) is 0 Å². The Morgan fingerprint density at radius 2 is 1.68 bits per heavy atom. The summed E-state index contributed by atoms with van der Waals surface area (Å²) in [5.41, 5.74) is 1.29. The first kappa shape index (κ1) is 21.3. The van der Waals surface area contributed by atoms with Crippen LogP contribution in [0, 0.1) is 0 Å². The van der Waals surface area contributed by atoms with Crippen LogP contribution in [-0.2, 0) is 30.9 Å². The zero-order chi connectivity index (χ0) is 20.6. The fraction of sp³-hybridized carbons (Fsp3) is 0.200. The molecule has 0 aromatic heterocycles. The van der Waals surface area contributed by atoms with Crippen LogP contribution in [0.5, 0.6) is 0 Å². The molecule has 0 saturated carbocycles. The summed E-state index contributed by atoms with van der Waals surface area (Å²) in [4.78, 5) is 23.1. The van der Waals surface area contributed by atoms with E-state index in [0.29, 0.717) is 5.69 Å². The Balaban J connectivity index is 2.02. The van der Waals surface area contributed by atoms with Crippen LogP contribution in [0.2, 0.25) is 0 Å². The number of esters is 1. The number of carbonyl (C=O) groups is 2. The Hall–Kier alpha value is -2.97. The molecule has 0 aliphatic rings. The first-order valence-corrected chi connectivity index (χ1v) is 10.0. The molecule has 1 amide bonds. The van der Waals surface area contributed by atoms with E-state index >= 15 is 0 Å². The highest BCUT2D eigenvalue weighted by Crippen LogP contribution is 2.19. The van der Waals surface area contributed by atoms with Crippen LogP contribution in [0.3, 0.4) is 0 Å². The van der Waals surface area contributed by atoms with Gasteiger partial charge in [0.15, 0.2) is 0 Å². The van der Waals surface area contributed by atoms with E-state index in [1.807, 2.05) is 30.3 Å². The lowest BCUT2D eigenvalue weighted by Crippen LogP contribution is -2.26. The number of hydrogen-bond acceptors (Lipinski definition) is 5. The summed E-state index contributed by atoms with van der Waals surface area (Å²) in [6.07, 6.45) is 2.08. The Labute approximate surface area is 164 Å². The molecule has 1 N–H and O–H groups in total. The molecule has 0 spiro atoms. The molecular weight excluding hydrogens is 380 g/mol. The van der Waals surface area contributed by atoms with Gasteiger partial charge in [-0.1, -0.05) is 30.3 Å². The van der Waals surface area contributed by atoms with Crippen LogP contribution in [0.1, 0.15) is 12.5 Å². The number of ether oxygens (including phenoxy) is 1. The number of amides is 1. The molecule has 0 unspecified atom stereocenters. The van der Waals surface area contributed by atoms with E-state index in [-0.39, 0.29) is 18.0 Å². The van der Waals surface area contributed by atoms with Gasteiger partial charge < -0.3 is 10.1 Å². The van der Waals surface area contributed by atoms with E-state index < -0.39 is 21.9 Å². The van der Waals surface area contributed by atoms with E-state index in [1.54, 1.807) is 6.92 Å². The van der Waals surface area contributed by atoms with Gasteiger partial charge in [0.2, 0.25) is 15.9 Å². The largest absolute Gasteiger partial charge is 0.463 e. The molecule has 0 aliphatic carbocycles. The fourth-order valence-corrected chi connectivity index (χ4v) is 3.49. The van der Waals surface area contributed by atoms with Gasteiger partial charge in [-0.15, -0.1) is 0 Å². The first-order chi connectivity index (χ1) is 13.3. The Kier molecular flexibility index (Phi) is 7.48. The third kappa shape index (κ3) is 6.04. The summed E-state index contributed by atoms with van der Waals surface area (Å²) < 4.78 is 31.3. The van der Waals surface area contributed by atoms with Gasteiger partial charge >= 0.3 is 5.97 Å². The van der Waals surface area contributed by atoms with Crippen molar-refractivity contribution < 1.29 is 22.7 Å². The van der Waals surface area contributed by atoms with E-state index in [0.717, 1.165) is 17.7 Å². The van der Waals surface area contributed by atoms with Crippen molar-refractivity contribution in [2.24, 2.45) is 0 Å². The lowest BCUT2D eigenvalue weighted by Gasteiger charge is -2.17. The van der Waals surface area contributed by atoms with Gasteiger partial charge in [0.1, 0.15) is 0 Å². The van der Waals surface area contributed by atoms with Crippen molar-refractivity contribution in [2.45, 2.75) is 18.4 Å². The van der Waals surface area contributed by atoms with Crippen LogP contribution < -0.4 is 5.32 Å². The van der Waals surface area contributed by atoms with E-state index in [9.17, 15) is 18.0 Å². The standard InChI is InChI=1S/C20H22N2O5S/c1-3-27-20(24)14-13-19(23)21-17-9-11-18(12-10-17)28(25,26)22(2)15-16-7-5-4-6-8-16/h4-14H,3,15H2,1-2H3,(H,21,23). The minimum Gasteiger partial charge on any atom is -0.463 e. The molecule has 2 rings (SSSR count). The quantitative estimate of drug-likeness (QED) is 0.541. The molecule has 2 aromatic rings. The summed E-state index contributed by atoms with van der Waals surface area (Å²) in [7, 11) is -2.15. The molecule has 0 bridgehead atoms. The smallest absolute Gasteiger partial charge is 0.330 e. The van der Waals surface area contributed by atoms with E-state index in [1.165, 1.54) is 35.6 Å². The van der Waals surface area contributed by atoms with Crippen LogP contribution in [0.25, 0.3) is 0 Å². The lowest BCUT2D eigenvalue weighted by atomic mass is 10.2. The maximum Gasteiger partial charge on any atom is 0.330 e. The normalized spacial score (nSPS) is 11.5. The Morgan fingerprint density at radius 1 is 1.04 bits per heavy atom. The van der Waals surface area contributed by atoms with E-state index in [2.05, 4.69) is 10.1 Å². The molecule has 0 atom stereocenters. The topological polar surface area (TPSA) is 92.8 Å². The van der Waals surface area contributed by atoms with E-state index in [4.69, 9.17) is 0 Å². The third-order valence-electron chi connectivity index (χ3n) is 3.74. The summed E-state index contributed by atoms with van der Waals surface area (Å²) in [5, 5.41) is 2.55. The van der Waals surface area contributed by atoms with Crippen molar-refractivity contribution >= 4 is 27.6 Å². The number of nitrogens with one attached hydrogen (secondary N) is 1. The van der Waals surface area contributed by atoms with Crippen molar-refractivity contribution in [3.05, 3.63) is 72.3 Å². The zero-order valence-electron chi connectivity index (χ0n) is 15.7. The predicted octanol–water partition coefficient (Wildman–Crippen LogP) is 2.57.